The van der Waals surface area contributed by atoms with E-state index in [2.05, 4.69) is 6.92 Å². The fourth-order valence-corrected chi connectivity index (χ4v) is 0.873. The van der Waals surface area contributed by atoms with Gasteiger partial charge in [0, 0.05) is 0 Å². The summed E-state index contributed by atoms with van der Waals surface area (Å²) in [5, 5.41) is 0. The van der Waals surface area contributed by atoms with Gasteiger partial charge in [0.2, 0.25) is 0 Å². The summed E-state index contributed by atoms with van der Waals surface area (Å²) in [6, 6.07) is 0. The SMILES string of the molecule is CC1CCOC(=O)OCC1. The molecule has 1 aliphatic rings. The molecule has 58 valence electrons. The lowest BCUT2D eigenvalue weighted by Gasteiger charge is -2.15. The van der Waals surface area contributed by atoms with E-state index in [1.54, 1.807) is 0 Å². The fraction of sp³-hybridized carbons (Fsp3) is 0.857. The second-order valence-electron chi connectivity index (χ2n) is 2.63. The van der Waals surface area contributed by atoms with Gasteiger partial charge in [-0.15, -0.1) is 0 Å². The third-order valence-electron chi connectivity index (χ3n) is 1.66. The molecule has 0 aromatic carbocycles. The highest BCUT2D eigenvalue weighted by atomic mass is 16.7. The van der Waals surface area contributed by atoms with Crippen molar-refractivity contribution in [3.05, 3.63) is 0 Å². The Kier molecular flexibility index (Phi) is 2.54. The molecular weight excluding hydrogens is 132 g/mol. The van der Waals surface area contributed by atoms with Gasteiger partial charge in [0.15, 0.2) is 0 Å². The van der Waals surface area contributed by atoms with Gasteiger partial charge < -0.3 is 9.47 Å². The largest absolute Gasteiger partial charge is 0.508 e. The van der Waals surface area contributed by atoms with E-state index in [0.717, 1.165) is 12.8 Å². The average molecular weight is 144 g/mol. The van der Waals surface area contributed by atoms with Crippen LogP contribution < -0.4 is 0 Å². The van der Waals surface area contributed by atoms with Gasteiger partial charge >= 0.3 is 6.16 Å². The molecule has 0 unspecified atom stereocenters. The molecule has 3 nitrogen and oxygen atoms in total. The molecule has 0 amide bonds. The first kappa shape index (κ1) is 7.38. The number of hydrogen-bond donors (Lipinski definition) is 0. The van der Waals surface area contributed by atoms with E-state index in [0.29, 0.717) is 19.1 Å². The quantitative estimate of drug-likeness (QED) is 0.484. The van der Waals surface area contributed by atoms with Crippen LogP contribution in [0, 0.1) is 5.92 Å². The first-order chi connectivity index (χ1) is 4.79. The first-order valence-corrected chi connectivity index (χ1v) is 3.58. The zero-order valence-corrected chi connectivity index (χ0v) is 6.13. The number of cyclic esters (lactones) is 2. The molecule has 0 N–H and O–H groups in total. The highest BCUT2D eigenvalue weighted by Gasteiger charge is 2.11. The van der Waals surface area contributed by atoms with Crippen molar-refractivity contribution in [3.63, 3.8) is 0 Å². The van der Waals surface area contributed by atoms with Crippen molar-refractivity contribution in [3.8, 4) is 0 Å². The molecule has 1 saturated heterocycles. The van der Waals surface area contributed by atoms with E-state index in [-0.39, 0.29) is 0 Å². The molecule has 0 aromatic heterocycles. The summed E-state index contributed by atoms with van der Waals surface area (Å²) in [6.45, 7) is 3.13. The van der Waals surface area contributed by atoms with Gasteiger partial charge in [-0.2, -0.15) is 0 Å². The van der Waals surface area contributed by atoms with Gasteiger partial charge in [-0.25, -0.2) is 4.79 Å². The minimum Gasteiger partial charge on any atom is -0.434 e. The van der Waals surface area contributed by atoms with Gasteiger partial charge in [0.05, 0.1) is 13.2 Å². The van der Waals surface area contributed by atoms with Crippen LogP contribution in [0.5, 0.6) is 0 Å². The number of carbonyl (C=O) groups excluding carboxylic acids is 1. The average Bonchev–Trinajstić information content (AvgIpc) is 1.84. The second-order valence-corrected chi connectivity index (χ2v) is 2.63. The Hall–Kier alpha value is -0.730. The maximum absolute atomic E-state index is 10.5. The molecule has 0 radical (unpaired) electrons. The molecule has 1 fully saturated rings. The zero-order chi connectivity index (χ0) is 7.40. The normalized spacial score (nSPS) is 22.3. The van der Waals surface area contributed by atoms with Crippen LogP contribution in [0.3, 0.4) is 0 Å². The van der Waals surface area contributed by atoms with Crippen LogP contribution in [0.2, 0.25) is 0 Å². The van der Waals surface area contributed by atoms with Crippen LogP contribution in [-0.2, 0) is 9.47 Å². The van der Waals surface area contributed by atoms with Crippen molar-refractivity contribution in [2.45, 2.75) is 19.8 Å². The summed E-state index contributed by atoms with van der Waals surface area (Å²) in [6.07, 6.45) is 1.39. The predicted molar refractivity (Wildman–Crippen MR) is 35.7 cm³/mol. The van der Waals surface area contributed by atoms with Crippen LogP contribution in [-0.4, -0.2) is 19.4 Å². The van der Waals surface area contributed by atoms with E-state index < -0.39 is 6.16 Å². The monoisotopic (exact) mass is 144 g/mol. The van der Waals surface area contributed by atoms with Crippen LogP contribution in [0.1, 0.15) is 19.8 Å². The highest BCUT2D eigenvalue weighted by Crippen LogP contribution is 2.10. The first-order valence-electron chi connectivity index (χ1n) is 3.58. The molecule has 10 heavy (non-hydrogen) atoms. The summed E-state index contributed by atoms with van der Waals surface area (Å²) >= 11 is 0. The smallest absolute Gasteiger partial charge is 0.434 e. The fourth-order valence-electron chi connectivity index (χ4n) is 0.873. The predicted octanol–water partition coefficient (Wildman–Crippen LogP) is 1.57. The number of hydrogen-bond acceptors (Lipinski definition) is 3. The molecule has 1 aliphatic heterocycles. The maximum Gasteiger partial charge on any atom is 0.508 e. The van der Waals surface area contributed by atoms with Gasteiger partial charge in [0.25, 0.3) is 0 Å². The van der Waals surface area contributed by atoms with Crippen molar-refractivity contribution in [1.29, 1.82) is 0 Å². The van der Waals surface area contributed by atoms with Crippen LogP contribution in [0.15, 0.2) is 0 Å². The van der Waals surface area contributed by atoms with Crippen LogP contribution in [0.25, 0.3) is 0 Å². The van der Waals surface area contributed by atoms with Gasteiger partial charge in [-0.05, 0) is 18.8 Å². The van der Waals surface area contributed by atoms with Gasteiger partial charge in [-0.1, -0.05) is 6.92 Å². The lowest BCUT2D eigenvalue weighted by atomic mass is 10.1. The zero-order valence-electron chi connectivity index (χ0n) is 6.13. The van der Waals surface area contributed by atoms with Gasteiger partial charge in [0.1, 0.15) is 0 Å². The minimum atomic E-state index is -0.521. The van der Waals surface area contributed by atoms with Crippen molar-refractivity contribution in [2.24, 2.45) is 5.92 Å². The van der Waals surface area contributed by atoms with E-state index in [4.69, 9.17) is 9.47 Å². The van der Waals surface area contributed by atoms with E-state index in [1.807, 2.05) is 0 Å². The molecule has 0 atom stereocenters. The Morgan fingerprint density at radius 1 is 1.30 bits per heavy atom. The Morgan fingerprint density at radius 2 is 1.80 bits per heavy atom. The Balaban J connectivity index is 2.27. The summed E-state index contributed by atoms with van der Waals surface area (Å²) in [4.78, 5) is 10.5. The van der Waals surface area contributed by atoms with Crippen molar-refractivity contribution >= 4 is 6.16 Å². The molecule has 1 rings (SSSR count). The van der Waals surface area contributed by atoms with E-state index in [9.17, 15) is 4.79 Å². The van der Waals surface area contributed by atoms with Crippen LogP contribution >= 0.6 is 0 Å². The number of ether oxygens (including phenoxy) is 2. The van der Waals surface area contributed by atoms with Gasteiger partial charge in [-0.3, -0.25) is 0 Å². The van der Waals surface area contributed by atoms with Crippen molar-refractivity contribution in [2.75, 3.05) is 13.2 Å². The summed E-state index contributed by atoms with van der Waals surface area (Å²) in [7, 11) is 0. The highest BCUT2D eigenvalue weighted by molar-refractivity contribution is 5.59. The maximum atomic E-state index is 10.5. The van der Waals surface area contributed by atoms with Crippen molar-refractivity contribution in [1.82, 2.24) is 0 Å². The van der Waals surface area contributed by atoms with E-state index >= 15 is 0 Å². The Bertz CT molecular complexity index is 110. The summed E-state index contributed by atoms with van der Waals surface area (Å²) in [5.74, 6) is 0.605. The number of carbonyl (C=O) groups is 1. The molecule has 3 heteroatoms. The molecule has 0 spiro atoms. The topological polar surface area (TPSA) is 35.5 Å². The number of rotatable bonds is 0. The second kappa shape index (κ2) is 3.44. The Morgan fingerprint density at radius 3 is 2.30 bits per heavy atom. The third-order valence-corrected chi connectivity index (χ3v) is 1.66. The molecule has 1 heterocycles. The standard InChI is InChI=1S/C7H12O3/c1-6-2-4-9-7(8)10-5-3-6/h6H,2-5H2,1H3. The minimum absolute atomic E-state index is 0.500. The van der Waals surface area contributed by atoms with E-state index in [1.165, 1.54) is 0 Å². The molecule has 0 saturated carbocycles. The lowest BCUT2D eigenvalue weighted by Crippen LogP contribution is -2.16. The molecule has 0 bridgehead atoms. The molecule has 0 aromatic rings. The van der Waals surface area contributed by atoms with Crippen molar-refractivity contribution < 1.29 is 14.3 Å². The van der Waals surface area contributed by atoms with Crippen LogP contribution in [0.4, 0.5) is 4.79 Å². The Labute approximate surface area is 60.3 Å². The lowest BCUT2D eigenvalue weighted by molar-refractivity contribution is 0.0350. The molecule has 0 aliphatic carbocycles. The molecular formula is C7H12O3. The summed E-state index contributed by atoms with van der Waals surface area (Å²) < 4.78 is 9.38. The summed E-state index contributed by atoms with van der Waals surface area (Å²) in [5.41, 5.74) is 0. The third kappa shape index (κ3) is 2.25.